The monoisotopic (exact) mass is 422 g/mol. The first kappa shape index (κ1) is 21.4. The zero-order valence-corrected chi connectivity index (χ0v) is 17.0. The summed E-state index contributed by atoms with van der Waals surface area (Å²) in [6.07, 6.45) is 3.71. The van der Waals surface area contributed by atoms with E-state index in [-0.39, 0.29) is 5.56 Å². The minimum atomic E-state index is -4.67. The maximum atomic E-state index is 12.6. The normalized spacial score (nSPS) is 18.0. The highest BCUT2D eigenvalue weighted by molar-refractivity contribution is 7.91. The summed E-state index contributed by atoms with van der Waals surface area (Å²) >= 11 is 0. The number of rotatable bonds is 6. The maximum Gasteiger partial charge on any atom is 0.341 e. The summed E-state index contributed by atoms with van der Waals surface area (Å²) in [5, 5.41) is 2.73. The van der Waals surface area contributed by atoms with Crippen LogP contribution in [0.2, 0.25) is 0 Å². The topological polar surface area (TPSA) is 66.5 Å². The van der Waals surface area contributed by atoms with Crippen LogP contribution in [-0.4, -0.2) is 37.6 Å². The molecule has 2 aromatic rings. The molecule has 2 aromatic carbocycles. The predicted molar refractivity (Wildman–Crippen MR) is 108 cm³/mol. The van der Waals surface area contributed by atoms with Crippen LogP contribution in [0.4, 0.5) is 14.5 Å². The number of piperidine rings is 1. The number of anilines is 1. The Morgan fingerprint density at radius 1 is 1.10 bits per heavy atom. The fourth-order valence-corrected chi connectivity index (χ4v) is 4.14. The second-order valence-electron chi connectivity index (χ2n) is 7.30. The summed E-state index contributed by atoms with van der Waals surface area (Å²) in [7, 11) is -4.67. The number of nitrogens with zero attached hydrogens (tertiary/aromatic N) is 1. The van der Waals surface area contributed by atoms with Crippen molar-refractivity contribution >= 4 is 21.4 Å². The fraction of sp³-hybridized carbons (Fsp3) is 0.381. The molecule has 0 aliphatic carbocycles. The van der Waals surface area contributed by atoms with Crippen molar-refractivity contribution in [3.63, 3.8) is 0 Å². The third kappa shape index (κ3) is 5.19. The Morgan fingerprint density at radius 3 is 2.34 bits per heavy atom. The first-order valence-electron chi connectivity index (χ1n) is 9.54. The Bertz CT molecular complexity index is 945. The maximum absolute atomic E-state index is 12.6. The smallest absolute Gasteiger partial charge is 0.322 e. The Balaban J connectivity index is 1.62. The number of sulfone groups is 1. The van der Waals surface area contributed by atoms with Gasteiger partial charge in [0.05, 0.1) is 4.90 Å². The summed E-state index contributed by atoms with van der Waals surface area (Å²) in [6.45, 7) is 4.21. The zero-order chi connectivity index (χ0) is 21.0. The molecule has 0 aromatic heterocycles. The van der Waals surface area contributed by atoms with Gasteiger partial charge in [0, 0.05) is 23.8 Å². The van der Waals surface area contributed by atoms with Crippen molar-refractivity contribution in [2.75, 3.05) is 11.9 Å². The van der Waals surface area contributed by atoms with Gasteiger partial charge in [-0.25, -0.2) is 8.42 Å². The van der Waals surface area contributed by atoms with Crippen molar-refractivity contribution < 1.29 is 22.0 Å². The number of likely N-dealkylation sites (tertiary alicyclic amines) is 1. The van der Waals surface area contributed by atoms with Crippen molar-refractivity contribution in [1.29, 1.82) is 0 Å². The Hall–Kier alpha value is -2.32. The highest BCUT2D eigenvalue weighted by atomic mass is 32.2. The second kappa shape index (κ2) is 9.00. The molecule has 8 heteroatoms. The largest absolute Gasteiger partial charge is 0.341 e. The van der Waals surface area contributed by atoms with Crippen molar-refractivity contribution in [2.24, 2.45) is 0 Å². The van der Waals surface area contributed by atoms with E-state index in [1.165, 1.54) is 37.0 Å². The van der Waals surface area contributed by atoms with E-state index in [9.17, 15) is 22.0 Å². The Labute approximate surface area is 169 Å². The lowest BCUT2D eigenvalue weighted by Crippen LogP contribution is -2.36. The van der Waals surface area contributed by atoms with Gasteiger partial charge in [0.25, 0.3) is 5.91 Å². The zero-order valence-electron chi connectivity index (χ0n) is 16.1. The number of halogens is 2. The van der Waals surface area contributed by atoms with Crippen molar-refractivity contribution in [3.05, 3.63) is 59.7 Å². The lowest BCUT2D eigenvalue weighted by Gasteiger charge is -2.33. The van der Waals surface area contributed by atoms with Crippen LogP contribution in [0.15, 0.2) is 53.4 Å². The van der Waals surface area contributed by atoms with Crippen LogP contribution < -0.4 is 5.32 Å². The van der Waals surface area contributed by atoms with Crippen molar-refractivity contribution in [2.45, 2.75) is 49.4 Å². The van der Waals surface area contributed by atoms with Gasteiger partial charge in [0.15, 0.2) is 0 Å². The fourth-order valence-electron chi connectivity index (χ4n) is 3.42. The molecule has 29 heavy (non-hydrogen) atoms. The summed E-state index contributed by atoms with van der Waals surface area (Å²) in [5.74, 6) is -3.93. The number of nitrogens with one attached hydrogen (secondary N) is 1. The van der Waals surface area contributed by atoms with Gasteiger partial charge in [-0.3, -0.25) is 9.69 Å². The standard InChI is InChI=1S/C21H24F2N2O3S/c1-15-4-2-3-13-25(15)14-16-5-9-18(10-6-16)24-20(26)17-7-11-19(12-8-17)29(27,28)21(22)23/h5-12,15,21H,2-4,13-14H2,1H3,(H,24,26). The first-order chi connectivity index (χ1) is 13.8. The van der Waals surface area contributed by atoms with E-state index in [1.54, 1.807) is 0 Å². The number of amides is 1. The van der Waals surface area contributed by atoms with Gasteiger partial charge in [-0.2, -0.15) is 8.78 Å². The van der Waals surface area contributed by atoms with Gasteiger partial charge in [0.1, 0.15) is 0 Å². The molecule has 1 unspecified atom stereocenters. The summed E-state index contributed by atoms with van der Waals surface area (Å²) in [6, 6.07) is 12.6. The third-order valence-corrected chi connectivity index (χ3v) is 6.62. The lowest BCUT2D eigenvalue weighted by atomic mass is 10.0. The van der Waals surface area contributed by atoms with Crippen molar-refractivity contribution in [3.8, 4) is 0 Å². The van der Waals surface area contributed by atoms with E-state index in [1.807, 2.05) is 24.3 Å². The van der Waals surface area contributed by atoms with Crippen LogP contribution in [-0.2, 0) is 16.4 Å². The average molecular weight is 422 g/mol. The molecule has 1 aliphatic rings. The molecule has 0 bridgehead atoms. The molecule has 156 valence electrons. The number of hydrogen-bond donors (Lipinski definition) is 1. The molecule has 1 heterocycles. The molecule has 0 spiro atoms. The number of carbonyl (C=O) groups is 1. The second-order valence-corrected chi connectivity index (χ2v) is 9.21. The molecule has 1 aliphatic heterocycles. The van der Waals surface area contributed by atoms with E-state index >= 15 is 0 Å². The van der Waals surface area contributed by atoms with Crippen LogP contribution in [0, 0.1) is 0 Å². The molecular weight excluding hydrogens is 398 g/mol. The van der Waals surface area contributed by atoms with Crippen LogP contribution >= 0.6 is 0 Å². The van der Waals surface area contributed by atoms with Gasteiger partial charge in [-0.15, -0.1) is 0 Å². The van der Waals surface area contributed by atoms with Crippen molar-refractivity contribution in [1.82, 2.24) is 4.90 Å². The van der Waals surface area contributed by atoms with Crippen LogP contribution in [0.5, 0.6) is 0 Å². The third-order valence-electron chi connectivity index (χ3n) is 5.22. The minimum Gasteiger partial charge on any atom is -0.322 e. The summed E-state index contributed by atoms with van der Waals surface area (Å²) in [4.78, 5) is 14.3. The molecule has 0 saturated carbocycles. The molecule has 0 radical (unpaired) electrons. The van der Waals surface area contributed by atoms with E-state index in [2.05, 4.69) is 17.1 Å². The quantitative estimate of drug-likeness (QED) is 0.753. The van der Waals surface area contributed by atoms with E-state index in [0.29, 0.717) is 11.7 Å². The van der Waals surface area contributed by atoms with Crippen LogP contribution in [0.1, 0.15) is 42.1 Å². The van der Waals surface area contributed by atoms with Gasteiger partial charge in [-0.05, 0) is 68.3 Å². The number of benzene rings is 2. The van der Waals surface area contributed by atoms with Gasteiger partial charge < -0.3 is 5.32 Å². The van der Waals surface area contributed by atoms with Crippen LogP contribution in [0.25, 0.3) is 0 Å². The number of alkyl halides is 2. The average Bonchev–Trinajstić information content (AvgIpc) is 2.71. The molecule has 1 fully saturated rings. The number of carbonyl (C=O) groups excluding carboxylic acids is 1. The Kier molecular flexibility index (Phi) is 6.64. The molecule has 1 saturated heterocycles. The predicted octanol–water partition coefficient (Wildman–Crippen LogP) is 4.31. The lowest BCUT2D eigenvalue weighted by molar-refractivity contribution is 0.102. The molecule has 1 N–H and O–H groups in total. The molecule has 3 rings (SSSR count). The minimum absolute atomic E-state index is 0.185. The number of hydrogen-bond acceptors (Lipinski definition) is 4. The Morgan fingerprint density at radius 2 is 1.76 bits per heavy atom. The highest BCUT2D eigenvalue weighted by Crippen LogP contribution is 2.21. The SMILES string of the molecule is CC1CCCCN1Cc1ccc(NC(=O)c2ccc(S(=O)(=O)C(F)F)cc2)cc1. The first-order valence-corrected chi connectivity index (χ1v) is 11.1. The molecule has 1 atom stereocenters. The van der Waals surface area contributed by atoms with E-state index < -0.39 is 26.4 Å². The van der Waals surface area contributed by atoms with Gasteiger partial charge in [0.2, 0.25) is 9.84 Å². The molecule has 5 nitrogen and oxygen atoms in total. The van der Waals surface area contributed by atoms with Crippen LogP contribution in [0.3, 0.4) is 0 Å². The van der Waals surface area contributed by atoms with Gasteiger partial charge in [-0.1, -0.05) is 18.6 Å². The summed E-state index contributed by atoms with van der Waals surface area (Å²) in [5.41, 5.74) is 1.96. The van der Waals surface area contributed by atoms with Gasteiger partial charge >= 0.3 is 5.76 Å². The van der Waals surface area contributed by atoms with E-state index in [4.69, 9.17) is 0 Å². The van der Waals surface area contributed by atoms with E-state index in [0.717, 1.165) is 25.2 Å². The highest BCUT2D eigenvalue weighted by Gasteiger charge is 2.26. The molecular formula is C21H24F2N2O3S. The summed E-state index contributed by atoms with van der Waals surface area (Å²) < 4.78 is 48.0. The molecule has 1 amide bonds.